The molecular weight excluding hydrogens is 496 g/mol. The van der Waals surface area contributed by atoms with E-state index in [4.69, 9.17) is 14.2 Å². The van der Waals surface area contributed by atoms with Gasteiger partial charge in [-0.1, -0.05) is 12.1 Å². The van der Waals surface area contributed by atoms with Gasteiger partial charge in [0.2, 0.25) is 5.56 Å². The van der Waals surface area contributed by atoms with Crippen molar-refractivity contribution in [1.29, 1.82) is 0 Å². The molecule has 3 aliphatic heterocycles. The van der Waals surface area contributed by atoms with Gasteiger partial charge in [0.15, 0.2) is 0 Å². The number of aromatic amines is 1. The zero-order valence-corrected chi connectivity index (χ0v) is 22.6. The molecule has 1 aromatic heterocycles. The Hall–Kier alpha value is -3.98. The monoisotopic (exact) mass is 530 g/mol. The van der Waals surface area contributed by atoms with Crippen molar-refractivity contribution in [2.45, 2.75) is 38.8 Å². The number of nitrogens with zero attached hydrogens (tertiary/aromatic N) is 2. The van der Waals surface area contributed by atoms with Crippen molar-refractivity contribution in [2.75, 3.05) is 49.6 Å². The summed E-state index contributed by atoms with van der Waals surface area (Å²) in [5.74, 6) is 1.57. The summed E-state index contributed by atoms with van der Waals surface area (Å²) in [4.78, 5) is 31.7. The third kappa shape index (κ3) is 5.45. The zero-order chi connectivity index (χ0) is 27.1. The van der Waals surface area contributed by atoms with Crippen molar-refractivity contribution in [1.82, 2.24) is 9.88 Å². The Labute approximate surface area is 227 Å². The Morgan fingerprint density at radius 1 is 1.05 bits per heavy atom. The predicted octanol–water partition coefficient (Wildman–Crippen LogP) is 4.61. The summed E-state index contributed by atoms with van der Waals surface area (Å²) >= 11 is 0. The van der Waals surface area contributed by atoms with E-state index in [-0.39, 0.29) is 17.7 Å². The second kappa shape index (κ2) is 9.96. The van der Waals surface area contributed by atoms with Crippen LogP contribution in [0.25, 0.3) is 11.3 Å². The van der Waals surface area contributed by atoms with E-state index in [1.807, 2.05) is 51.1 Å². The summed E-state index contributed by atoms with van der Waals surface area (Å²) in [6.45, 7) is 9.67. The molecule has 204 valence electrons. The quantitative estimate of drug-likeness (QED) is 0.398. The lowest BCUT2D eigenvalue weighted by Crippen LogP contribution is -2.57. The first kappa shape index (κ1) is 25.3. The largest absolute Gasteiger partial charge is 0.456 e. The van der Waals surface area contributed by atoms with E-state index in [0.717, 1.165) is 64.8 Å². The van der Waals surface area contributed by atoms with Gasteiger partial charge in [-0.05, 0) is 56.7 Å². The molecule has 4 heterocycles. The first-order valence-electron chi connectivity index (χ1n) is 13.5. The van der Waals surface area contributed by atoms with Gasteiger partial charge in [-0.15, -0.1) is 0 Å². The van der Waals surface area contributed by atoms with Crippen LogP contribution < -0.4 is 20.5 Å². The topological polar surface area (TPSA) is 96.1 Å². The minimum atomic E-state index is -0.495. The van der Waals surface area contributed by atoms with E-state index < -0.39 is 5.60 Å². The highest BCUT2D eigenvalue weighted by molar-refractivity contribution is 5.74. The van der Waals surface area contributed by atoms with E-state index in [0.29, 0.717) is 26.3 Å². The minimum Gasteiger partial charge on any atom is -0.456 e. The maximum absolute atomic E-state index is 12.6. The molecular formula is C30H34N4O5. The van der Waals surface area contributed by atoms with Crippen LogP contribution in [0.1, 0.15) is 31.9 Å². The molecule has 2 saturated heterocycles. The number of anilines is 2. The minimum absolute atomic E-state index is 0.139. The number of fused-ring (bicyclic) bond motifs is 2. The number of pyridine rings is 1. The van der Waals surface area contributed by atoms with Crippen molar-refractivity contribution in [3.05, 3.63) is 70.0 Å². The van der Waals surface area contributed by atoms with Crippen LogP contribution in [0.2, 0.25) is 0 Å². The number of hydrogen-bond acceptors (Lipinski definition) is 7. The molecule has 0 atom stereocenters. The number of rotatable bonds is 4. The zero-order valence-electron chi connectivity index (χ0n) is 22.6. The molecule has 3 aromatic rings. The lowest BCUT2D eigenvalue weighted by atomic mass is 9.96. The fourth-order valence-corrected chi connectivity index (χ4v) is 5.24. The van der Waals surface area contributed by atoms with Crippen molar-refractivity contribution in [3.63, 3.8) is 0 Å². The first-order chi connectivity index (χ1) is 18.7. The molecule has 6 rings (SSSR count). The van der Waals surface area contributed by atoms with Crippen LogP contribution in [0, 0.1) is 0 Å². The summed E-state index contributed by atoms with van der Waals surface area (Å²) in [5, 5.41) is 3.52. The SMILES string of the molecule is CC(C)(C)OC(=O)N1CC(Nc2ccc3c(c2)Cc2cccc(-c4cc(N5CCOCC5)cc(=O)[nH]4)c2O3)C1. The smallest absolute Gasteiger partial charge is 0.410 e. The number of H-pyrrole nitrogens is 1. The van der Waals surface area contributed by atoms with Gasteiger partial charge in [-0.25, -0.2) is 4.79 Å². The standard InChI is InChI=1S/C30H34N4O5/c1-30(2,3)39-29(36)34-17-22(18-34)31-21-7-8-26-20(14-21)13-19-5-4-6-24(28(19)38-26)25-15-23(16-27(35)32-25)33-9-11-37-12-10-33/h4-8,14-16,22,31H,9-13,17-18H2,1-3H3,(H,32,35). The highest BCUT2D eigenvalue weighted by atomic mass is 16.6. The van der Waals surface area contributed by atoms with Gasteiger partial charge < -0.3 is 34.3 Å². The Morgan fingerprint density at radius 2 is 1.85 bits per heavy atom. The molecule has 9 nitrogen and oxygen atoms in total. The van der Waals surface area contributed by atoms with Gasteiger partial charge in [0.1, 0.15) is 17.1 Å². The number of ether oxygens (including phenoxy) is 3. The molecule has 2 fully saturated rings. The van der Waals surface area contributed by atoms with Crippen molar-refractivity contribution in [2.24, 2.45) is 0 Å². The van der Waals surface area contributed by atoms with Gasteiger partial charge in [-0.3, -0.25) is 4.79 Å². The number of aromatic nitrogens is 1. The fraction of sp³-hybridized carbons (Fsp3) is 0.400. The summed E-state index contributed by atoms with van der Waals surface area (Å²) in [6.07, 6.45) is 0.444. The van der Waals surface area contributed by atoms with Gasteiger partial charge in [0.25, 0.3) is 0 Å². The molecule has 1 amide bonds. The third-order valence-corrected chi connectivity index (χ3v) is 7.15. The maximum atomic E-state index is 12.6. The van der Waals surface area contributed by atoms with E-state index in [1.165, 1.54) is 0 Å². The molecule has 0 radical (unpaired) electrons. The van der Waals surface area contributed by atoms with Crippen LogP contribution in [-0.2, 0) is 15.9 Å². The highest BCUT2D eigenvalue weighted by Crippen LogP contribution is 2.43. The Morgan fingerprint density at radius 3 is 2.62 bits per heavy atom. The van der Waals surface area contributed by atoms with E-state index >= 15 is 0 Å². The molecule has 3 aliphatic rings. The molecule has 0 unspecified atom stereocenters. The van der Waals surface area contributed by atoms with Crippen LogP contribution in [0.15, 0.2) is 53.3 Å². The fourth-order valence-electron chi connectivity index (χ4n) is 5.24. The number of carbonyl (C=O) groups is 1. The molecule has 0 spiro atoms. The van der Waals surface area contributed by atoms with Crippen molar-refractivity contribution >= 4 is 17.5 Å². The summed E-state index contributed by atoms with van der Waals surface area (Å²) in [7, 11) is 0. The van der Waals surface area contributed by atoms with Crippen LogP contribution in [-0.4, -0.2) is 67.0 Å². The number of hydrogen-bond donors (Lipinski definition) is 2. The number of nitrogens with one attached hydrogen (secondary N) is 2. The number of benzene rings is 2. The molecule has 0 aliphatic carbocycles. The van der Waals surface area contributed by atoms with Crippen LogP contribution in [0.5, 0.6) is 11.5 Å². The lowest BCUT2D eigenvalue weighted by molar-refractivity contribution is 0.0105. The average Bonchev–Trinajstić information content (AvgIpc) is 2.88. The highest BCUT2D eigenvalue weighted by Gasteiger charge is 2.34. The van der Waals surface area contributed by atoms with Gasteiger partial charge >= 0.3 is 6.09 Å². The molecule has 9 heteroatoms. The molecule has 2 N–H and O–H groups in total. The number of likely N-dealkylation sites (tertiary alicyclic amines) is 1. The summed E-state index contributed by atoms with van der Waals surface area (Å²) < 4.78 is 17.3. The maximum Gasteiger partial charge on any atom is 0.410 e. The van der Waals surface area contributed by atoms with Gasteiger partial charge in [-0.2, -0.15) is 0 Å². The third-order valence-electron chi connectivity index (χ3n) is 7.15. The normalized spacial score (nSPS) is 17.0. The molecule has 39 heavy (non-hydrogen) atoms. The van der Waals surface area contributed by atoms with E-state index in [1.54, 1.807) is 11.0 Å². The van der Waals surface area contributed by atoms with Crippen LogP contribution in [0.3, 0.4) is 0 Å². The number of amides is 1. The number of morpholine rings is 1. The van der Waals surface area contributed by atoms with Crippen LogP contribution >= 0.6 is 0 Å². The Bertz CT molecular complexity index is 1450. The van der Waals surface area contributed by atoms with E-state index in [9.17, 15) is 9.59 Å². The summed E-state index contributed by atoms with van der Waals surface area (Å²) in [6, 6.07) is 16.0. The Balaban J connectivity index is 1.17. The predicted molar refractivity (Wildman–Crippen MR) is 150 cm³/mol. The second-order valence-corrected chi connectivity index (χ2v) is 11.3. The van der Waals surface area contributed by atoms with E-state index in [2.05, 4.69) is 27.3 Å². The number of carbonyl (C=O) groups excluding carboxylic acids is 1. The van der Waals surface area contributed by atoms with Crippen molar-refractivity contribution in [3.8, 4) is 22.8 Å². The number of para-hydroxylation sites is 1. The molecule has 0 saturated carbocycles. The molecule has 0 bridgehead atoms. The summed E-state index contributed by atoms with van der Waals surface area (Å²) in [5.41, 5.74) is 5.01. The van der Waals surface area contributed by atoms with Gasteiger partial charge in [0.05, 0.1) is 24.9 Å². The lowest BCUT2D eigenvalue weighted by Gasteiger charge is -2.40. The van der Waals surface area contributed by atoms with Crippen molar-refractivity contribution < 1.29 is 19.0 Å². The Kier molecular flexibility index (Phi) is 6.46. The first-order valence-corrected chi connectivity index (χ1v) is 13.5. The second-order valence-electron chi connectivity index (χ2n) is 11.3. The average molecular weight is 531 g/mol. The van der Waals surface area contributed by atoms with Crippen LogP contribution in [0.4, 0.5) is 16.2 Å². The molecule has 2 aromatic carbocycles. The van der Waals surface area contributed by atoms with Gasteiger partial charge in [0, 0.05) is 61.2 Å².